The van der Waals surface area contributed by atoms with Crippen molar-refractivity contribution in [3.63, 3.8) is 0 Å². The third-order valence-corrected chi connectivity index (χ3v) is 6.58. The van der Waals surface area contributed by atoms with Crippen molar-refractivity contribution in [1.29, 1.82) is 0 Å². The van der Waals surface area contributed by atoms with E-state index in [0.717, 1.165) is 42.6 Å². The number of amides is 1. The van der Waals surface area contributed by atoms with Gasteiger partial charge in [-0.2, -0.15) is 5.10 Å². The number of anilines is 1. The Morgan fingerprint density at radius 1 is 1.27 bits per heavy atom. The molecule has 5 heterocycles. The Bertz CT molecular complexity index is 893. The number of hydrogen-bond acceptors (Lipinski definition) is 6. The van der Waals surface area contributed by atoms with E-state index in [0.29, 0.717) is 17.7 Å². The van der Waals surface area contributed by atoms with Crippen LogP contribution in [0.4, 0.5) is 5.69 Å². The zero-order valence-corrected chi connectivity index (χ0v) is 17.2. The minimum absolute atomic E-state index is 0.0617. The molecule has 0 aliphatic carbocycles. The van der Waals surface area contributed by atoms with Crippen LogP contribution >= 0.6 is 0 Å². The van der Waals surface area contributed by atoms with Crippen molar-refractivity contribution in [3.05, 3.63) is 23.9 Å². The van der Waals surface area contributed by atoms with Crippen molar-refractivity contribution in [2.45, 2.75) is 31.4 Å². The van der Waals surface area contributed by atoms with E-state index in [1.807, 2.05) is 6.07 Å². The molecule has 4 aliphatic heterocycles. The number of aromatic amines is 1. The molecule has 3 N–H and O–H groups in total. The molecule has 2 bridgehead atoms. The van der Waals surface area contributed by atoms with Crippen LogP contribution in [-0.2, 0) is 9.53 Å². The van der Waals surface area contributed by atoms with Gasteiger partial charge < -0.3 is 25.0 Å². The number of benzene rings is 1. The van der Waals surface area contributed by atoms with Crippen molar-refractivity contribution in [2.75, 3.05) is 44.7 Å². The van der Waals surface area contributed by atoms with E-state index in [4.69, 9.17) is 14.6 Å². The van der Waals surface area contributed by atoms with Gasteiger partial charge in [-0.05, 0) is 56.5 Å². The number of ether oxygens (including phenoxy) is 1. The summed E-state index contributed by atoms with van der Waals surface area (Å²) in [7, 11) is 1.77. The van der Waals surface area contributed by atoms with Gasteiger partial charge in [-0.3, -0.25) is 14.7 Å². The average molecular weight is 415 g/mol. The van der Waals surface area contributed by atoms with Gasteiger partial charge in [0.1, 0.15) is 0 Å². The summed E-state index contributed by atoms with van der Waals surface area (Å²) >= 11 is 0. The van der Waals surface area contributed by atoms with Gasteiger partial charge in [-0.15, -0.1) is 0 Å². The minimum Gasteiger partial charge on any atom is -0.483 e. The first-order valence-electron chi connectivity index (χ1n) is 10.5. The van der Waals surface area contributed by atoms with Gasteiger partial charge in [0.05, 0.1) is 11.6 Å². The van der Waals surface area contributed by atoms with E-state index in [1.54, 1.807) is 7.11 Å². The third-order valence-electron chi connectivity index (χ3n) is 6.58. The Balaban J connectivity index is 0.000000687. The molecule has 0 saturated carbocycles. The standard InChI is InChI=1S/C20H27N5O2.CH2O2/c1-27-15-6-9-25(11-15)14-2-3-16-17(10-14)22-23-19(16)20(26)21-18-12-24-7-4-13(18)5-8-24;2-1-3/h2-3,10,13,15,18H,4-9,11-12H2,1H3,(H,21,26)(H,22,23);1H,(H,2,3)/t15?,18-;/m0./s1. The zero-order chi connectivity index (χ0) is 21.1. The van der Waals surface area contributed by atoms with Crippen LogP contribution in [0.2, 0.25) is 0 Å². The topological polar surface area (TPSA) is 111 Å². The van der Waals surface area contributed by atoms with Gasteiger partial charge in [-0.25, -0.2) is 0 Å². The fraction of sp³-hybridized carbons (Fsp3) is 0.571. The maximum absolute atomic E-state index is 12.8. The fourth-order valence-corrected chi connectivity index (χ4v) is 4.90. The van der Waals surface area contributed by atoms with Crippen molar-refractivity contribution < 1.29 is 19.4 Å². The van der Waals surface area contributed by atoms with Gasteiger partial charge in [0, 0.05) is 43.9 Å². The second-order valence-corrected chi connectivity index (χ2v) is 8.22. The van der Waals surface area contributed by atoms with Gasteiger partial charge >= 0.3 is 0 Å². The molecule has 1 amide bonds. The number of carboxylic acid groups (broad SMARTS) is 1. The Morgan fingerprint density at radius 2 is 2.03 bits per heavy atom. The summed E-state index contributed by atoms with van der Waals surface area (Å²) in [4.78, 5) is 26.0. The van der Waals surface area contributed by atoms with Gasteiger partial charge in [0.25, 0.3) is 12.4 Å². The molecule has 2 atom stereocenters. The third kappa shape index (κ3) is 4.13. The Hall–Kier alpha value is -2.65. The van der Waals surface area contributed by atoms with Gasteiger partial charge in [0.2, 0.25) is 0 Å². The van der Waals surface area contributed by atoms with Crippen molar-refractivity contribution in [3.8, 4) is 0 Å². The molecule has 4 saturated heterocycles. The van der Waals surface area contributed by atoms with Crippen molar-refractivity contribution >= 4 is 29.0 Å². The number of rotatable bonds is 4. The number of methoxy groups -OCH3 is 1. The van der Waals surface area contributed by atoms with E-state index >= 15 is 0 Å². The number of carbonyl (C=O) groups is 2. The van der Waals surface area contributed by atoms with Crippen LogP contribution < -0.4 is 10.2 Å². The first-order valence-corrected chi connectivity index (χ1v) is 10.5. The van der Waals surface area contributed by atoms with E-state index in [2.05, 4.69) is 37.4 Å². The first-order chi connectivity index (χ1) is 14.6. The molecule has 30 heavy (non-hydrogen) atoms. The minimum atomic E-state index is -0.250. The summed E-state index contributed by atoms with van der Waals surface area (Å²) in [6, 6.07) is 6.44. The Labute approximate surface area is 175 Å². The van der Waals surface area contributed by atoms with E-state index in [9.17, 15) is 4.79 Å². The van der Waals surface area contributed by atoms with Gasteiger partial charge in [-0.1, -0.05) is 0 Å². The van der Waals surface area contributed by atoms with Crippen LogP contribution in [-0.4, -0.2) is 84.6 Å². The van der Waals surface area contributed by atoms with Crippen LogP contribution in [0, 0.1) is 5.92 Å². The van der Waals surface area contributed by atoms with E-state index < -0.39 is 0 Å². The highest BCUT2D eigenvalue weighted by Crippen LogP contribution is 2.29. The molecule has 1 aromatic heterocycles. The molecule has 2 aromatic rings. The van der Waals surface area contributed by atoms with E-state index in [-0.39, 0.29) is 18.4 Å². The van der Waals surface area contributed by atoms with Gasteiger partial charge in [0.15, 0.2) is 5.69 Å². The SMILES string of the molecule is COC1CCN(c2ccc3c(C(=O)N[C@H]4CN5CCC4CC5)n[nH]c3c2)C1.O=CO. The molecule has 9 heteroatoms. The molecule has 1 unspecified atom stereocenters. The molecule has 6 rings (SSSR count). The molecule has 0 radical (unpaired) electrons. The zero-order valence-electron chi connectivity index (χ0n) is 17.2. The molecule has 4 aliphatic rings. The maximum atomic E-state index is 12.8. The Morgan fingerprint density at radius 3 is 2.67 bits per heavy atom. The average Bonchev–Trinajstić information content (AvgIpc) is 3.42. The quantitative estimate of drug-likeness (QED) is 0.646. The number of carbonyl (C=O) groups excluding carboxylic acids is 1. The van der Waals surface area contributed by atoms with Crippen LogP contribution in [0.5, 0.6) is 0 Å². The second-order valence-electron chi connectivity index (χ2n) is 8.22. The highest BCUT2D eigenvalue weighted by Gasteiger charge is 2.35. The van der Waals surface area contributed by atoms with Crippen LogP contribution in [0.3, 0.4) is 0 Å². The second kappa shape index (κ2) is 9.01. The number of fused-ring (bicyclic) bond motifs is 4. The summed E-state index contributed by atoms with van der Waals surface area (Å²) in [5, 5.41) is 18.4. The highest BCUT2D eigenvalue weighted by molar-refractivity contribution is 6.05. The normalized spacial score (nSPS) is 27.6. The maximum Gasteiger partial charge on any atom is 0.290 e. The monoisotopic (exact) mass is 415 g/mol. The van der Waals surface area contributed by atoms with Crippen molar-refractivity contribution in [1.82, 2.24) is 20.4 Å². The highest BCUT2D eigenvalue weighted by atomic mass is 16.5. The number of nitrogens with zero attached hydrogens (tertiary/aromatic N) is 3. The summed E-state index contributed by atoms with van der Waals surface area (Å²) in [6.45, 7) is 4.96. The summed E-state index contributed by atoms with van der Waals surface area (Å²) < 4.78 is 5.46. The number of H-pyrrole nitrogens is 1. The number of aromatic nitrogens is 2. The van der Waals surface area contributed by atoms with Crippen LogP contribution in [0.15, 0.2) is 18.2 Å². The molecular weight excluding hydrogens is 386 g/mol. The smallest absolute Gasteiger partial charge is 0.290 e. The van der Waals surface area contributed by atoms with E-state index in [1.165, 1.54) is 25.9 Å². The fourth-order valence-electron chi connectivity index (χ4n) is 4.90. The van der Waals surface area contributed by atoms with Crippen molar-refractivity contribution in [2.24, 2.45) is 5.92 Å². The first kappa shape index (κ1) is 20.6. The number of hydrogen-bond donors (Lipinski definition) is 3. The molecule has 4 fully saturated rings. The largest absolute Gasteiger partial charge is 0.483 e. The predicted octanol–water partition coefficient (Wildman–Crippen LogP) is 1.31. The number of nitrogens with one attached hydrogen (secondary N) is 2. The van der Waals surface area contributed by atoms with Crippen LogP contribution in [0.1, 0.15) is 29.8 Å². The molecule has 9 nitrogen and oxygen atoms in total. The lowest BCUT2D eigenvalue weighted by atomic mass is 9.84. The lowest BCUT2D eigenvalue weighted by Gasteiger charge is -2.44. The lowest BCUT2D eigenvalue weighted by molar-refractivity contribution is -0.122. The predicted molar refractivity (Wildman–Crippen MR) is 113 cm³/mol. The van der Waals surface area contributed by atoms with Crippen LogP contribution in [0.25, 0.3) is 10.9 Å². The summed E-state index contributed by atoms with van der Waals surface area (Å²) in [5.74, 6) is 0.549. The lowest BCUT2D eigenvalue weighted by Crippen LogP contribution is -2.57. The Kier molecular flexibility index (Phi) is 6.19. The molecule has 1 aromatic carbocycles. The molecule has 162 valence electrons. The summed E-state index contributed by atoms with van der Waals surface area (Å²) in [6.07, 6.45) is 3.72. The number of piperidine rings is 3. The molecular formula is C21H29N5O4. The summed E-state index contributed by atoms with van der Waals surface area (Å²) in [5.41, 5.74) is 2.56. The molecule has 0 spiro atoms.